The van der Waals surface area contributed by atoms with Crippen molar-refractivity contribution in [1.29, 1.82) is 0 Å². The second-order valence-electron chi connectivity index (χ2n) is 6.23. The number of benzene rings is 2. The van der Waals surface area contributed by atoms with Crippen LogP contribution in [0.1, 0.15) is 46.3 Å². The fourth-order valence-corrected chi connectivity index (χ4v) is 3.86. The van der Waals surface area contributed by atoms with Crippen LogP contribution in [0.15, 0.2) is 48.7 Å². The zero-order valence-electron chi connectivity index (χ0n) is 14.4. The number of halogens is 2. The molecule has 0 spiro atoms. The smallest absolute Gasteiger partial charge is 0.256 e. The topological polar surface area (TPSA) is 42.0 Å². The molecule has 0 aliphatic heterocycles. The largest absolute Gasteiger partial charge is 0.312 e. The standard InChI is InChI=1S/C20H18Cl2N2OS/c1-12(2)13-6-8-14(9-7-13)20(25)24-19-11-23-18(26-19)10-15-16(21)4-3-5-17(15)22/h3-9,11-12H,10H2,1-2H3,(H,24,25). The maximum Gasteiger partial charge on any atom is 0.256 e. The highest BCUT2D eigenvalue weighted by atomic mass is 35.5. The maximum atomic E-state index is 12.4. The lowest BCUT2D eigenvalue weighted by Crippen LogP contribution is -2.10. The summed E-state index contributed by atoms with van der Waals surface area (Å²) in [6, 6.07) is 13.1. The summed E-state index contributed by atoms with van der Waals surface area (Å²) in [6.07, 6.45) is 2.19. The van der Waals surface area contributed by atoms with Crippen LogP contribution in [0.25, 0.3) is 0 Å². The van der Waals surface area contributed by atoms with E-state index in [0.717, 1.165) is 10.6 Å². The molecule has 2 aromatic carbocycles. The van der Waals surface area contributed by atoms with Crippen LogP contribution in [-0.2, 0) is 6.42 Å². The first-order valence-electron chi connectivity index (χ1n) is 8.23. The number of carbonyl (C=O) groups excluding carboxylic acids is 1. The van der Waals surface area contributed by atoms with Gasteiger partial charge in [-0.05, 0) is 41.3 Å². The Balaban J connectivity index is 1.69. The lowest BCUT2D eigenvalue weighted by atomic mass is 10.0. The fourth-order valence-electron chi connectivity index (χ4n) is 2.51. The lowest BCUT2D eigenvalue weighted by Gasteiger charge is -2.07. The van der Waals surface area contributed by atoms with Gasteiger partial charge in [0.05, 0.1) is 11.2 Å². The van der Waals surface area contributed by atoms with Crippen molar-refractivity contribution < 1.29 is 4.79 Å². The molecule has 26 heavy (non-hydrogen) atoms. The van der Waals surface area contributed by atoms with Gasteiger partial charge in [0.1, 0.15) is 5.00 Å². The van der Waals surface area contributed by atoms with E-state index in [4.69, 9.17) is 23.2 Å². The summed E-state index contributed by atoms with van der Waals surface area (Å²) < 4.78 is 0. The molecule has 0 radical (unpaired) electrons. The van der Waals surface area contributed by atoms with Gasteiger partial charge in [-0.15, -0.1) is 11.3 Å². The van der Waals surface area contributed by atoms with Crippen LogP contribution in [0.3, 0.4) is 0 Å². The molecular weight excluding hydrogens is 387 g/mol. The number of hydrogen-bond acceptors (Lipinski definition) is 3. The van der Waals surface area contributed by atoms with Gasteiger partial charge in [0.15, 0.2) is 0 Å². The zero-order chi connectivity index (χ0) is 18.7. The van der Waals surface area contributed by atoms with Crippen molar-refractivity contribution in [2.45, 2.75) is 26.2 Å². The van der Waals surface area contributed by atoms with Gasteiger partial charge in [-0.2, -0.15) is 0 Å². The predicted molar refractivity (Wildman–Crippen MR) is 110 cm³/mol. The van der Waals surface area contributed by atoms with Crippen molar-refractivity contribution in [3.63, 3.8) is 0 Å². The third-order valence-electron chi connectivity index (χ3n) is 4.02. The zero-order valence-corrected chi connectivity index (χ0v) is 16.8. The van der Waals surface area contributed by atoms with Crippen molar-refractivity contribution in [1.82, 2.24) is 4.98 Å². The van der Waals surface area contributed by atoms with E-state index in [-0.39, 0.29) is 5.91 Å². The summed E-state index contributed by atoms with van der Waals surface area (Å²) in [5, 5.41) is 5.66. The minimum absolute atomic E-state index is 0.147. The molecule has 0 aliphatic rings. The number of hydrogen-bond donors (Lipinski definition) is 1. The molecule has 3 nitrogen and oxygen atoms in total. The van der Waals surface area contributed by atoms with Gasteiger partial charge in [0.2, 0.25) is 0 Å². The number of anilines is 1. The first-order chi connectivity index (χ1) is 12.4. The normalized spacial score (nSPS) is 11.0. The minimum atomic E-state index is -0.147. The average molecular weight is 405 g/mol. The predicted octanol–water partition coefficient (Wildman–Crippen LogP) is 6.42. The molecule has 1 aromatic heterocycles. The molecule has 0 unspecified atom stereocenters. The number of thiazole rings is 1. The van der Waals surface area contributed by atoms with Gasteiger partial charge in [-0.25, -0.2) is 4.98 Å². The van der Waals surface area contributed by atoms with E-state index in [2.05, 4.69) is 24.1 Å². The Hall–Kier alpha value is -1.88. The first-order valence-corrected chi connectivity index (χ1v) is 9.80. The van der Waals surface area contributed by atoms with E-state index in [1.165, 1.54) is 16.9 Å². The molecule has 1 heterocycles. The monoisotopic (exact) mass is 404 g/mol. The number of nitrogens with zero attached hydrogens (tertiary/aromatic N) is 1. The lowest BCUT2D eigenvalue weighted by molar-refractivity contribution is 0.102. The highest BCUT2D eigenvalue weighted by Crippen LogP contribution is 2.29. The maximum absolute atomic E-state index is 12.4. The molecule has 3 aromatic rings. The molecule has 1 amide bonds. The summed E-state index contributed by atoms with van der Waals surface area (Å²) >= 11 is 13.8. The van der Waals surface area contributed by atoms with E-state index in [9.17, 15) is 4.79 Å². The SMILES string of the molecule is CC(C)c1ccc(C(=O)Nc2cnc(Cc3c(Cl)cccc3Cl)s2)cc1. The molecule has 134 valence electrons. The Labute approximate surface area is 167 Å². The summed E-state index contributed by atoms with van der Waals surface area (Å²) in [7, 11) is 0. The Morgan fingerprint density at radius 1 is 1.12 bits per heavy atom. The van der Waals surface area contributed by atoms with E-state index < -0.39 is 0 Å². The van der Waals surface area contributed by atoms with Crippen molar-refractivity contribution in [3.05, 3.63) is 80.4 Å². The van der Waals surface area contributed by atoms with Crippen LogP contribution < -0.4 is 5.32 Å². The molecule has 0 saturated carbocycles. The van der Waals surface area contributed by atoms with E-state index in [1.54, 1.807) is 18.3 Å². The van der Waals surface area contributed by atoms with Crippen molar-refractivity contribution in [3.8, 4) is 0 Å². The van der Waals surface area contributed by atoms with E-state index >= 15 is 0 Å². The molecule has 0 saturated heterocycles. The Morgan fingerprint density at radius 2 is 1.77 bits per heavy atom. The summed E-state index contributed by atoms with van der Waals surface area (Å²) in [5.74, 6) is 0.291. The number of aromatic nitrogens is 1. The second-order valence-corrected chi connectivity index (χ2v) is 8.16. The quantitative estimate of drug-likeness (QED) is 0.533. The second kappa shape index (κ2) is 8.21. The molecule has 6 heteroatoms. The van der Waals surface area contributed by atoms with Gasteiger partial charge in [-0.1, -0.05) is 55.2 Å². The fraction of sp³-hybridized carbons (Fsp3) is 0.200. The Morgan fingerprint density at radius 3 is 2.38 bits per heavy atom. The van der Waals surface area contributed by atoms with Crippen LogP contribution in [0.5, 0.6) is 0 Å². The number of amides is 1. The van der Waals surface area contributed by atoms with E-state index in [1.807, 2.05) is 30.3 Å². The molecule has 0 atom stereocenters. The molecular formula is C20H18Cl2N2OS. The van der Waals surface area contributed by atoms with Crippen LogP contribution >= 0.6 is 34.5 Å². The van der Waals surface area contributed by atoms with Crippen molar-refractivity contribution >= 4 is 45.4 Å². The summed E-state index contributed by atoms with van der Waals surface area (Å²) in [5.41, 5.74) is 2.67. The Kier molecular flexibility index (Phi) is 5.97. The summed E-state index contributed by atoms with van der Waals surface area (Å²) in [6.45, 7) is 4.25. The van der Waals surface area contributed by atoms with Gasteiger partial charge < -0.3 is 5.32 Å². The molecule has 0 fully saturated rings. The van der Waals surface area contributed by atoms with Gasteiger partial charge in [0.25, 0.3) is 5.91 Å². The minimum Gasteiger partial charge on any atom is -0.312 e. The number of rotatable bonds is 5. The van der Waals surface area contributed by atoms with Crippen LogP contribution in [-0.4, -0.2) is 10.9 Å². The highest BCUT2D eigenvalue weighted by molar-refractivity contribution is 7.15. The molecule has 0 aliphatic carbocycles. The van der Waals surface area contributed by atoms with Crippen molar-refractivity contribution in [2.75, 3.05) is 5.32 Å². The molecule has 3 rings (SSSR count). The molecule has 1 N–H and O–H groups in total. The number of nitrogens with one attached hydrogen (secondary N) is 1. The number of carbonyl (C=O) groups is 1. The van der Waals surface area contributed by atoms with Gasteiger partial charge in [0, 0.05) is 22.0 Å². The van der Waals surface area contributed by atoms with E-state index in [0.29, 0.717) is 32.9 Å². The average Bonchev–Trinajstić information content (AvgIpc) is 3.05. The van der Waals surface area contributed by atoms with Crippen LogP contribution in [0.4, 0.5) is 5.00 Å². The van der Waals surface area contributed by atoms with Gasteiger partial charge >= 0.3 is 0 Å². The third kappa shape index (κ3) is 4.44. The van der Waals surface area contributed by atoms with Gasteiger partial charge in [-0.3, -0.25) is 4.79 Å². The summed E-state index contributed by atoms with van der Waals surface area (Å²) in [4.78, 5) is 16.8. The van der Waals surface area contributed by atoms with Crippen molar-refractivity contribution in [2.24, 2.45) is 0 Å². The third-order valence-corrected chi connectivity index (χ3v) is 5.64. The van der Waals surface area contributed by atoms with Crippen LogP contribution in [0, 0.1) is 0 Å². The highest BCUT2D eigenvalue weighted by Gasteiger charge is 2.12. The van der Waals surface area contributed by atoms with Crippen LogP contribution in [0.2, 0.25) is 10.0 Å². The Bertz CT molecular complexity index is 900. The molecule has 0 bridgehead atoms. The first kappa shape index (κ1) is 18.9.